The zero-order chi connectivity index (χ0) is 14.5. The maximum atomic E-state index is 12.6. The van der Waals surface area contributed by atoms with Crippen LogP contribution in [0.2, 0.25) is 0 Å². The van der Waals surface area contributed by atoms with E-state index in [1.165, 1.54) is 12.8 Å². The fourth-order valence-corrected chi connectivity index (χ4v) is 2.81. The van der Waals surface area contributed by atoms with Crippen LogP contribution in [0.3, 0.4) is 0 Å². The molecule has 20 heavy (non-hydrogen) atoms. The first-order chi connectivity index (χ1) is 9.61. The molecule has 1 aliphatic heterocycles. The van der Waals surface area contributed by atoms with E-state index in [2.05, 4.69) is 5.32 Å². The summed E-state index contributed by atoms with van der Waals surface area (Å²) in [4.78, 5) is 14.5. The highest BCUT2D eigenvalue weighted by Gasteiger charge is 2.21. The second kappa shape index (κ2) is 6.75. The van der Waals surface area contributed by atoms with Crippen molar-refractivity contribution in [3.8, 4) is 5.75 Å². The van der Waals surface area contributed by atoms with Crippen LogP contribution in [-0.2, 0) is 0 Å². The summed E-state index contributed by atoms with van der Waals surface area (Å²) in [5.41, 5.74) is 1.52. The van der Waals surface area contributed by atoms with Crippen LogP contribution in [-0.4, -0.2) is 42.1 Å². The van der Waals surface area contributed by atoms with E-state index in [0.717, 1.165) is 31.7 Å². The second-order valence-corrected chi connectivity index (χ2v) is 5.56. The number of amides is 1. The van der Waals surface area contributed by atoms with E-state index in [1.807, 2.05) is 18.7 Å². The molecule has 2 rings (SSSR count). The minimum Gasteiger partial charge on any atom is -0.508 e. The lowest BCUT2D eigenvalue weighted by molar-refractivity contribution is 0.0728. The molecule has 2 N–H and O–H groups in total. The number of rotatable bonds is 4. The van der Waals surface area contributed by atoms with Crippen molar-refractivity contribution in [1.82, 2.24) is 10.2 Å². The largest absolute Gasteiger partial charge is 0.508 e. The van der Waals surface area contributed by atoms with Crippen LogP contribution in [0, 0.1) is 12.8 Å². The van der Waals surface area contributed by atoms with Gasteiger partial charge in [-0.25, -0.2) is 0 Å². The van der Waals surface area contributed by atoms with E-state index in [0.29, 0.717) is 11.5 Å². The summed E-state index contributed by atoms with van der Waals surface area (Å²) < 4.78 is 0. The molecule has 4 nitrogen and oxygen atoms in total. The first-order valence-corrected chi connectivity index (χ1v) is 7.41. The first kappa shape index (κ1) is 14.9. The van der Waals surface area contributed by atoms with Gasteiger partial charge >= 0.3 is 0 Å². The Labute approximate surface area is 120 Å². The molecule has 0 saturated carbocycles. The summed E-state index contributed by atoms with van der Waals surface area (Å²) in [6.07, 6.45) is 2.37. The molecule has 0 aromatic heterocycles. The van der Waals surface area contributed by atoms with Crippen molar-refractivity contribution < 1.29 is 9.90 Å². The average molecular weight is 276 g/mol. The second-order valence-electron chi connectivity index (χ2n) is 5.56. The summed E-state index contributed by atoms with van der Waals surface area (Å²) in [6, 6.07) is 4.94. The molecule has 0 bridgehead atoms. The minimum absolute atomic E-state index is 0.0653. The summed E-state index contributed by atoms with van der Waals surface area (Å²) in [5, 5.41) is 12.8. The van der Waals surface area contributed by atoms with Crippen LogP contribution < -0.4 is 5.32 Å². The van der Waals surface area contributed by atoms with Crippen LogP contribution in [0.1, 0.15) is 35.7 Å². The molecule has 1 unspecified atom stereocenters. The van der Waals surface area contributed by atoms with Crippen molar-refractivity contribution in [2.45, 2.75) is 26.7 Å². The number of nitrogens with zero attached hydrogens (tertiary/aromatic N) is 1. The van der Waals surface area contributed by atoms with E-state index in [-0.39, 0.29) is 11.7 Å². The lowest BCUT2D eigenvalue weighted by atomic mass is 9.98. The molecular weight excluding hydrogens is 252 g/mol. The van der Waals surface area contributed by atoms with Gasteiger partial charge in [0, 0.05) is 18.7 Å². The van der Waals surface area contributed by atoms with E-state index in [1.54, 1.807) is 18.2 Å². The van der Waals surface area contributed by atoms with Crippen molar-refractivity contribution >= 4 is 5.91 Å². The SMILES string of the molecule is CCN(CC1CCCNC1)C(=O)c1ccc(O)cc1C. The number of hydrogen-bond acceptors (Lipinski definition) is 3. The molecule has 1 heterocycles. The molecule has 1 saturated heterocycles. The van der Waals surface area contributed by atoms with Crippen molar-refractivity contribution in [3.63, 3.8) is 0 Å². The van der Waals surface area contributed by atoms with Crippen LogP contribution >= 0.6 is 0 Å². The maximum Gasteiger partial charge on any atom is 0.254 e. The van der Waals surface area contributed by atoms with Gasteiger partial charge in [0.15, 0.2) is 0 Å². The van der Waals surface area contributed by atoms with Gasteiger partial charge in [0.05, 0.1) is 0 Å². The van der Waals surface area contributed by atoms with Gasteiger partial charge in [-0.1, -0.05) is 0 Å². The van der Waals surface area contributed by atoms with E-state index in [9.17, 15) is 9.90 Å². The molecule has 1 aromatic carbocycles. The predicted octanol–water partition coefficient (Wildman–Crippen LogP) is 2.16. The molecule has 110 valence electrons. The smallest absolute Gasteiger partial charge is 0.254 e. The first-order valence-electron chi connectivity index (χ1n) is 7.41. The highest BCUT2D eigenvalue weighted by atomic mass is 16.3. The molecule has 0 aliphatic carbocycles. The molecule has 1 atom stereocenters. The quantitative estimate of drug-likeness (QED) is 0.886. The summed E-state index contributed by atoms with van der Waals surface area (Å²) in [7, 11) is 0. The Bertz CT molecular complexity index is 468. The van der Waals surface area contributed by atoms with E-state index >= 15 is 0 Å². The molecule has 0 spiro atoms. The van der Waals surface area contributed by atoms with Gasteiger partial charge in [0.2, 0.25) is 0 Å². The molecule has 4 heteroatoms. The van der Waals surface area contributed by atoms with E-state index < -0.39 is 0 Å². The number of carbonyl (C=O) groups is 1. The highest BCUT2D eigenvalue weighted by molar-refractivity contribution is 5.95. The highest BCUT2D eigenvalue weighted by Crippen LogP contribution is 2.19. The van der Waals surface area contributed by atoms with Crippen LogP contribution in [0.15, 0.2) is 18.2 Å². The Balaban J connectivity index is 2.07. The number of aryl methyl sites for hydroxylation is 1. The Hall–Kier alpha value is -1.55. The van der Waals surface area contributed by atoms with Gasteiger partial charge in [-0.2, -0.15) is 0 Å². The van der Waals surface area contributed by atoms with Gasteiger partial charge in [-0.05, 0) is 69.5 Å². The number of phenols is 1. The minimum atomic E-state index is 0.0653. The Morgan fingerprint density at radius 3 is 2.90 bits per heavy atom. The normalized spacial score (nSPS) is 18.8. The lowest BCUT2D eigenvalue weighted by Crippen LogP contribution is -2.41. The number of phenolic OH excluding ortho intramolecular Hbond substituents is 1. The molecule has 1 fully saturated rings. The molecule has 1 aliphatic rings. The van der Waals surface area contributed by atoms with Crippen molar-refractivity contribution in [2.24, 2.45) is 5.92 Å². The number of aromatic hydroxyl groups is 1. The summed E-state index contributed by atoms with van der Waals surface area (Å²) in [5.74, 6) is 0.819. The summed E-state index contributed by atoms with van der Waals surface area (Å²) >= 11 is 0. The monoisotopic (exact) mass is 276 g/mol. The Morgan fingerprint density at radius 1 is 1.50 bits per heavy atom. The van der Waals surface area contributed by atoms with Crippen molar-refractivity contribution in [3.05, 3.63) is 29.3 Å². The number of carbonyl (C=O) groups excluding carboxylic acids is 1. The number of nitrogens with one attached hydrogen (secondary N) is 1. The van der Waals surface area contributed by atoms with E-state index in [4.69, 9.17) is 0 Å². The Kier molecular flexibility index (Phi) is 5.01. The van der Waals surface area contributed by atoms with Crippen LogP contribution in [0.25, 0.3) is 0 Å². The van der Waals surface area contributed by atoms with Gasteiger partial charge in [0.25, 0.3) is 5.91 Å². The third kappa shape index (κ3) is 3.51. The molecule has 1 amide bonds. The number of piperidine rings is 1. The fraction of sp³-hybridized carbons (Fsp3) is 0.562. The van der Waals surface area contributed by atoms with Crippen LogP contribution in [0.4, 0.5) is 0 Å². The zero-order valence-corrected chi connectivity index (χ0v) is 12.4. The van der Waals surface area contributed by atoms with Crippen molar-refractivity contribution in [2.75, 3.05) is 26.2 Å². The third-order valence-corrected chi connectivity index (χ3v) is 3.99. The van der Waals surface area contributed by atoms with Crippen molar-refractivity contribution in [1.29, 1.82) is 0 Å². The standard InChI is InChI=1S/C16H24N2O2/c1-3-18(11-13-5-4-8-17-10-13)16(20)15-7-6-14(19)9-12(15)2/h6-7,9,13,17,19H,3-5,8,10-11H2,1-2H3. The topological polar surface area (TPSA) is 52.6 Å². The van der Waals surface area contributed by atoms with Gasteiger partial charge in [-0.15, -0.1) is 0 Å². The zero-order valence-electron chi connectivity index (χ0n) is 12.4. The third-order valence-electron chi connectivity index (χ3n) is 3.99. The number of hydrogen-bond donors (Lipinski definition) is 2. The summed E-state index contributed by atoms with van der Waals surface area (Å²) in [6.45, 7) is 7.50. The van der Waals surface area contributed by atoms with Gasteiger partial charge < -0.3 is 15.3 Å². The molecular formula is C16H24N2O2. The predicted molar refractivity (Wildman–Crippen MR) is 80.0 cm³/mol. The average Bonchev–Trinajstić information content (AvgIpc) is 2.45. The fourth-order valence-electron chi connectivity index (χ4n) is 2.81. The lowest BCUT2D eigenvalue weighted by Gasteiger charge is -2.30. The van der Waals surface area contributed by atoms with Gasteiger partial charge in [-0.3, -0.25) is 4.79 Å². The number of benzene rings is 1. The molecule has 0 radical (unpaired) electrons. The molecule has 1 aromatic rings. The van der Waals surface area contributed by atoms with Crippen LogP contribution in [0.5, 0.6) is 5.75 Å². The van der Waals surface area contributed by atoms with Gasteiger partial charge in [0.1, 0.15) is 5.75 Å². The maximum absolute atomic E-state index is 12.6. The Morgan fingerprint density at radius 2 is 2.30 bits per heavy atom.